The summed E-state index contributed by atoms with van der Waals surface area (Å²) in [4.78, 5) is 32.5. The van der Waals surface area contributed by atoms with Crippen LogP contribution in [0, 0.1) is 11.2 Å². The normalized spacial score (nSPS) is 24.6. The van der Waals surface area contributed by atoms with Crippen LogP contribution in [0.5, 0.6) is 0 Å². The Morgan fingerprint density at radius 1 is 0.941 bits per heavy atom. The highest BCUT2D eigenvalue weighted by molar-refractivity contribution is 5.84. The molecule has 2 aromatic rings. The first-order valence-corrected chi connectivity index (χ1v) is 12.1. The van der Waals surface area contributed by atoms with Crippen molar-refractivity contribution in [2.75, 3.05) is 39.8 Å². The number of rotatable bonds is 5. The van der Waals surface area contributed by atoms with Crippen molar-refractivity contribution < 1.29 is 18.7 Å². The molecule has 0 aromatic heterocycles. The topological polar surface area (TPSA) is 53.1 Å². The molecule has 2 aromatic carbocycles. The van der Waals surface area contributed by atoms with E-state index < -0.39 is 11.0 Å². The van der Waals surface area contributed by atoms with E-state index in [0.717, 1.165) is 37.1 Å². The van der Waals surface area contributed by atoms with Crippen molar-refractivity contribution in [1.82, 2.24) is 14.7 Å². The first kappa shape index (κ1) is 22.8. The van der Waals surface area contributed by atoms with Gasteiger partial charge in [-0.25, -0.2) is 9.18 Å². The van der Waals surface area contributed by atoms with Gasteiger partial charge < -0.3 is 14.5 Å². The largest absolute Gasteiger partial charge is 0.439 e. The van der Waals surface area contributed by atoms with E-state index >= 15 is 0 Å². The molecule has 1 spiro atoms. The fourth-order valence-electron chi connectivity index (χ4n) is 5.69. The minimum atomic E-state index is -0.635. The predicted octanol–water partition coefficient (Wildman–Crippen LogP) is 3.70. The molecular weight excluding hydrogens is 433 g/mol. The second-order valence-corrected chi connectivity index (χ2v) is 10.3. The van der Waals surface area contributed by atoms with Crippen molar-refractivity contribution in [2.45, 2.75) is 37.8 Å². The van der Waals surface area contributed by atoms with E-state index in [-0.39, 0.29) is 17.8 Å². The van der Waals surface area contributed by atoms with Crippen LogP contribution in [0.25, 0.3) is 0 Å². The zero-order valence-corrected chi connectivity index (χ0v) is 19.7. The second-order valence-electron chi connectivity index (χ2n) is 10.3. The van der Waals surface area contributed by atoms with Gasteiger partial charge in [-0.3, -0.25) is 9.69 Å². The van der Waals surface area contributed by atoms with E-state index in [4.69, 9.17) is 4.74 Å². The molecule has 34 heavy (non-hydrogen) atoms. The quantitative estimate of drug-likeness (QED) is 0.676. The van der Waals surface area contributed by atoms with Gasteiger partial charge in [-0.05, 0) is 62.7 Å². The van der Waals surface area contributed by atoms with Crippen LogP contribution in [0.15, 0.2) is 54.6 Å². The van der Waals surface area contributed by atoms with Crippen molar-refractivity contribution in [3.8, 4) is 0 Å². The Kier molecular flexibility index (Phi) is 6.06. The van der Waals surface area contributed by atoms with Crippen LogP contribution in [0.4, 0.5) is 9.18 Å². The molecule has 3 heterocycles. The molecule has 180 valence electrons. The van der Waals surface area contributed by atoms with Gasteiger partial charge in [0.05, 0.1) is 18.5 Å². The summed E-state index contributed by atoms with van der Waals surface area (Å²) < 4.78 is 19.3. The molecule has 0 radical (unpaired) electrons. The molecule has 3 aliphatic rings. The van der Waals surface area contributed by atoms with Crippen molar-refractivity contribution in [3.63, 3.8) is 0 Å². The maximum absolute atomic E-state index is 14.0. The molecule has 2 amide bonds. The lowest BCUT2D eigenvalue weighted by Gasteiger charge is -2.42. The molecule has 3 aliphatic heterocycles. The van der Waals surface area contributed by atoms with Gasteiger partial charge in [-0.15, -0.1) is 0 Å². The molecule has 5 rings (SSSR count). The van der Waals surface area contributed by atoms with Gasteiger partial charge in [0.1, 0.15) is 5.82 Å². The monoisotopic (exact) mass is 465 g/mol. The SMILES string of the molecule is CN1CCC(Cc2ccc(F)cc2)(C(=O)N2CC[C@@]3(CN(Cc4ccccc4)C(=O)O3)C2)CC1. The summed E-state index contributed by atoms with van der Waals surface area (Å²) in [6, 6.07) is 16.4. The number of amides is 2. The van der Waals surface area contributed by atoms with Gasteiger partial charge in [0.15, 0.2) is 5.60 Å². The van der Waals surface area contributed by atoms with Crippen LogP contribution in [-0.4, -0.2) is 72.1 Å². The highest BCUT2D eigenvalue weighted by Crippen LogP contribution is 2.40. The Bertz CT molecular complexity index is 1040. The molecule has 0 saturated carbocycles. The maximum Gasteiger partial charge on any atom is 0.410 e. The van der Waals surface area contributed by atoms with Crippen LogP contribution >= 0.6 is 0 Å². The summed E-state index contributed by atoms with van der Waals surface area (Å²) in [5.41, 5.74) is 0.897. The summed E-state index contributed by atoms with van der Waals surface area (Å²) in [7, 11) is 2.08. The lowest BCUT2D eigenvalue weighted by atomic mass is 9.72. The standard InChI is InChI=1S/C27H32FN3O3/c1-29-14-11-26(12-15-29,17-21-7-9-23(28)10-8-21)24(32)30-16-13-27(19-30)20-31(25(33)34-27)18-22-5-3-2-4-6-22/h2-10H,11-20H2,1H3/t27-/m0/s1. The van der Waals surface area contributed by atoms with Gasteiger partial charge in [0.2, 0.25) is 5.91 Å². The summed E-state index contributed by atoms with van der Waals surface area (Å²) in [5.74, 6) is -0.128. The Balaban J connectivity index is 1.30. The number of carbonyl (C=O) groups is 2. The lowest BCUT2D eigenvalue weighted by molar-refractivity contribution is -0.144. The number of hydrogen-bond donors (Lipinski definition) is 0. The molecule has 0 bridgehead atoms. The van der Waals surface area contributed by atoms with Gasteiger partial charge in [0, 0.05) is 19.5 Å². The molecule has 1 atom stereocenters. The van der Waals surface area contributed by atoms with E-state index in [2.05, 4.69) is 11.9 Å². The smallest absolute Gasteiger partial charge is 0.410 e. The third-order valence-electron chi connectivity index (χ3n) is 7.71. The van der Waals surface area contributed by atoms with E-state index in [1.54, 1.807) is 17.0 Å². The van der Waals surface area contributed by atoms with Gasteiger partial charge in [0.25, 0.3) is 0 Å². The maximum atomic E-state index is 14.0. The number of benzene rings is 2. The molecule has 6 nitrogen and oxygen atoms in total. The number of nitrogens with zero attached hydrogens (tertiary/aromatic N) is 3. The number of carbonyl (C=O) groups excluding carboxylic acids is 2. The Hall–Kier alpha value is -2.93. The lowest BCUT2D eigenvalue weighted by Crippen LogP contribution is -2.51. The van der Waals surface area contributed by atoms with Crippen molar-refractivity contribution in [2.24, 2.45) is 5.41 Å². The average Bonchev–Trinajstić information content (AvgIpc) is 3.39. The number of hydrogen-bond acceptors (Lipinski definition) is 4. The van der Waals surface area contributed by atoms with E-state index in [1.807, 2.05) is 35.2 Å². The van der Waals surface area contributed by atoms with Gasteiger partial charge >= 0.3 is 6.09 Å². The van der Waals surface area contributed by atoms with Crippen molar-refractivity contribution in [1.29, 1.82) is 0 Å². The highest BCUT2D eigenvalue weighted by Gasteiger charge is 2.53. The summed E-state index contributed by atoms with van der Waals surface area (Å²) in [6.07, 6.45) is 2.48. The number of piperidine rings is 1. The zero-order chi connectivity index (χ0) is 23.8. The van der Waals surface area contributed by atoms with Crippen LogP contribution in [-0.2, 0) is 22.5 Å². The van der Waals surface area contributed by atoms with Crippen LogP contribution < -0.4 is 0 Å². The van der Waals surface area contributed by atoms with Crippen LogP contribution in [0.2, 0.25) is 0 Å². The highest BCUT2D eigenvalue weighted by atomic mass is 19.1. The van der Waals surface area contributed by atoms with Crippen molar-refractivity contribution in [3.05, 3.63) is 71.5 Å². The Morgan fingerprint density at radius 2 is 1.65 bits per heavy atom. The molecule has 0 aliphatic carbocycles. The zero-order valence-electron chi connectivity index (χ0n) is 19.7. The van der Waals surface area contributed by atoms with E-state index in [1.165, 1.54) is 12.1 Å². The van der Waals surface area contributed by atoms with Crippen LogP contribution in [0.1, 0.15) is 30.4 Å². The Labute approximate surface area is 200 Å². The minimum Gasteiger partial charge on any atom is -0.439 e. The predicted molar refractivity (Wildman–Crippen MR) is 127 cm³/mol. The molecule has 0 N–H and O–H groups in total. The Morgan fingerprint density at radius 3 is 2.35 bits per heavy atom. The number of likely N-dealkylation sites (tertiary alicyclic amines) is 2. The molecule has 0 unspecified atom stereocenters. The van der Waals surface area contributed by atoms with Crippen LogP contribution in [0.3, 0.4) is 0 Å². The molecule has 3 fully saturated rings. The molecule has 7 heteroatoms. The summed E-state index contributed by atoms with van der Waals surface area (Å²) in [6.45, 7) is 3.74. The number of halogens is 1. The first-order valence-electron chi connectivity index (χ1n) is 12.1. The first-order chi connectivity index (χ1) is 16.4. The third kappa shape index (κ3) is 4.53. The molecule has 3 saturated heterocycles. The van der Waals surface area contributed by atoms with Crippen molar-refractivity contribution >= 4 is 12.0 Å². The fraction of sp³-hybridized carbons (Fsp3) is 0.481. The molecular formula is C27H32FN3O3. The second kappa shape index (κ2) is 9.02. The minimum absolute atomic E-state index is 0.138. The van der Waals surface area contributed by atoms with Gasteiger partial charge in [-0.1, -0.05) is 42.5 Å². The number of ether oxygens (including phenoxy) is 1. The van der Waals surface area contributed by atoms with E-state index in [9.17, 15) is 14.0 Å². The van der Waals surface area contributed by atoms with Gasteiger partial charge in [-0.2, -0.15) is 0 Å². The van der Waals surface area contributed by atoms with E-state index in [0.29, 0.717) is 39.0 Å². The fourth-order valence-corrected chi connectivity index (χ4v) is 5.69. The summed E-state index contributed by atoms with van der Waals surface area (Å²) >= 11 is 0. The summed E-state index contributed by atoms with van der Waals surface area (Å²) in [5, 5.41) is 0. The average molecular weight is 466 g/mol. The third-order valence-corrected chi connectivity index (χ3v) is 7.71.